The molecule has 0 aromatic heterocycles. The number of carbonyl (C=O) groups excluding carboxylic acids is 1. The van der Waals surface area contributed by atoms with Gasteiger partial charge in [-0.25, -0.2) is 8.42 Å². The average Bonchev–Trinajstić information content (AvgIpc) is 2.48. The van der Waals surface area contributed by atoms with Crippen LogP contribution in [0.5, 0.6) is 0 Å². The first-order chi connectivity index (χ1) is 10.6. The van der Waals surface area contributed by atoms with E-state index < -0.39 is 27.8 Å². The first-order valence-corrected chi connectivity index (χ1v) is 9.58. The third-order valence-electron chi connectivity index (χ3n) is 4.92. The maximum Gasteiger partial charge on any atom is 0.307 e. The van der Waals surface area contributed by atoms with Crippen LogP contribution < -0.4 is 0 Å². The fraction of sp³-hybridized carbons (Fsp3) is 0.733. The number of nitrogens with zero attached hydrogens (tertiary/aromatic N) is 2. The Morgan fingerprint density at radius 2 is 1.48 bits per heavy atom. The first kappa shape index (κ1) is 17.9. The van der Waals surface area contributed by atoms with Crippen LogP contribution in [0.15, 0.2) is 11.1 Å². The number of piperazine rings is 1. The van der Waals surface area contributed by atoms with Gasteiger partial charge in [-0.3, -0.25) is 9.59 Å². The van der Waals surface area contributed by atoms with E-state index in [1.807, 2.05) is 13.8 Å². The van der Waals surface area contributed by atoms with Crippen molar-refractivity contribution < 1.29 is 23.1 Å². The number of carboxylic acids is 1. The Morgan fingerprint density at radius 1 is 1.00 bits per heavy atom. The van der Waals surface area contributed by atoms with E-state index in [0.717, 1.165) is 17.4 Å². The number of rotatable bonds is 3. The van der Waals surface area contributed by atoms with Gasteiger partial charge in [-0.05, 0) is 26.7 Å². The minimum Gasteiger partial charge on any atom is -0.481 e. The number of hydrogen-bond donors (Lipinski definition) is 1. The number of hydrogen-bond acceptors (Lipinski definition) is 4. The lowest BCUT2D eigenvalue weighted by Crippen LogP contribution is -2.53. The smallest absolute Gasteiger partial charge is 0.307 e. The first-order valence-electron chi connectivity index (χ1n) is 7.73. The molecule has 7 nitrogen and oxygen atoms in total. The summed E-state index contributed by atoms with van der Waals surface area (Å²) in [6, 6.07) is 0. The van der Waals surface area contributed by atoms with E-state index in [4.69, 9.17) is 0 Å². The molecule has 1 fully saturated rings. The third-order valence-corrected chi connectivity index (χ3v) is 6.22. The van der Waals surface area contributed by atoms with Crippen LogP contribution in [0.1, 0.15) is 26.7 Å². The van der Waals surface area contributed by atoms with Gasteiger partial charge in [0.2, 0.25) is 15.9 Å². The van der Waals surface area contributed by atoms with E-state index in [2.05, 4.69) is 0 Å². The van der Waals surface area contributed by atoms with Crippen LogP contribution in [0.3, 0.4) is 0 Å². The van der Waals surface area contributed by atoms with E-state index >= 15 is 0 Å². The maximum absolute atomic E-state index is 12.7. The highest BCUT2D eigenvalue weighted by atomic mass is 32.2. The van der Waals surface area contributed by atoms with Gasteiger partial charge < -0.3 is 10.0 Å². The van der Waals surface area contributed by atoms with Crippen molar-refractivity contribution in [3.63, 3.8) is 0 Å². The largest absolute Gasteiger partial charge is 0.481 e. The van der Waals surface area contributed by atoms with Crippen molar-refractivity contribution in [3.05, 3.63) is 11.1 Å². The summed E-state index contributed by atoms with van der Waals surface area (Å²) in [7, 11) is -3.25. The third kappa shape index (κ3) is 3.92. The molecule has 1 aliphatic carbocycles. The standard InChI is InChI=1S/C15H24N2O5S/c1-10-8-12(13(15(19)20)9-11(10)2)14(18)16-4-6-17(7-5-16)23(3,21)22/h12-13H,4-9H2,1-3H3,(H,19,20)/t12-,13-/m0/s1. The van der Waals surface area contributed by atoms with Gasteiger partial charge in [-0.2, -0.15) is 4.31 Å². The Morgan fingerprint density at radius 3 is 1.91 bits per heavy atom. The van der Waals surface area contributed by atoms with E-state index in [0.29, 0.717) is 25.9 Å². The summed E-state index contributed by atoms with van der Waals surface area (Å²) in [5, 5.41) is 9.43. The minimum atomic E-state index is -3.25. The molecule has 130 valence electrons. The number of carbonyl (C=O) groups is 2. The fourth-order valence-electron chi connectivity index (χ4n) is 3.29. The highest BCUT2D eigenvalue weighted by Crippen LogP contribution is 2.35. The summed E-state index contributed by atoms with van der Waals surface area (Å²) in [5.41, 5.74) is 2.12. The Kier molecular flexibility index (Phi) is 5.15. The Hall–Kier alpha value is -1.41. The average molecular weight is 344 g/mol. The Balaban J connectivity index is 2.09. The molecule has 0 aromatic carbocycles. The van der Waals surface area contributed by atoms with Crippen molar-refractivity contribution in [1.29, 1.82) is 0 Å². The molecule has 8 heteroatoms. The van der Waals surface area contributed by atoms with Gasteiger partial charge in [0.15, 0.2) is 0 Å². The number of allylic oxidation sites excluding steroid dienone is 2. The van der Waals surface area contributed by atoms with Crippen LogP contribution in [0.4, 0.5) is 0 Å². The molecule has 0 radical (unpaired) electrons. The molecule has 2 rings (SSSR count). The zero-order valence-corrected chi connectivity index (χ0v) is 14.6. The second-order valence-corrected chi connectivity index (χ2v) is 8.49. The van der Waals surface area contributed by atoms with Crippen molar-refractivity contribution in [2.75, 3.05) is 32.4 Å². The maximum atomic E-state index is 12.7. The fourth-order valence-corrected chi connectivity index (χ4v) is 4.11. The number of amides is 1. The van der Waals surface area contributed by atoms with Crippen LogP contribution in [-0.2, 0) is 19.6 Å². The molecule has 0 saturated carbocycles. The molecular weight excluding hydrogens is 320 g/mol. The number of aliphatic carboxylic acids is 1. The molecule has 2 aliphatic rings. The van der Waals surface area contributed by atoms with Crippen LogP contribution in [-0.4, -0.2) is 67.0 Å². The quantitative estimate of drug-likeness (QED) is 0.754. The Labute approximate surface area is 137 Å². The molecule has 1 N–H and O–H groups in total. The normalized spacial score (nSPS) is 27.2. The molecule has 0 aromatic rings. The van der Waals surface area contributed by atoms with Gasteiger partial charge in [0.1, 0.15) is 0 Å². The van der Waals surface area contributed by atoms with Gasteiger partial charge in [0, 0.05) is 26.2 Å². The SMILES string of the molecule is CC1=C(C)C[C@H](C(=O)N2CCN(S(C)(=O)=O)CC2)[C@@H](C(=O)O)C1. The van der Waals surface area contributed by atoms with E-state index in [1.165, 1.54) is 4.31 Å². The predicted octanol–water partition coefficient (Wildman–Crippen LogP) is 0.537. The van der Waals surface area contributed by atoms with Crippen LogP contribution in [0, 0.1) is 11.8 Å². The number of sulfonamides is 1. The van der Waals surface area contributed by atoms with Gasteiger partial charge in [0.05, 0.1) is 18.1 Å². The van der Waals surface area contributed by atoms with E-state index in [-0.39, 0.29) is 19.0 Å². The van der Waals surface area contributed by atoms with Crippen molar-refractivity contribution in [2.45, 2.75) is 26.7 Å². The molecule has 0 unspecified atom stereocenters. The second-order valence-electron chi connectivity index (χ2n) is 6.51. The van der Waals surface area contributed by atoms with Gasteiger partial charge in [-0.15, -0.1) is 0 Å². The van der Waals surface area contributed by atoms with Crippen molar-refractivity contribution in [1.82, 2.24) is 9.21 Å². The molecular formula is C15H24N2O5S. The lowest BCUT2D eigenvalue weighted by atomic mass is 9.76. The van der Waals surface area contributed by atoms with Crippen LogP contribution in [0.2, 0.25) is 0 Å². The molecule has 1 saturated heterocycles. The van der Waals surface area contributed by atoms with E-state index in [1.54, 1.807) is 4.90 Å². The van der Waals surface area contributed by atoms with Crippen LogP contribution in [0.25, 0.3) is 0 Å². The van der Waals surface area contributed by atoms with Crippen molar-refractivity contribution in [3.8, 4) is 0 Å². The summed E-state index contributed by atoms with van der Waals surface area (Å²) >= 11 is 0. The summed E-state index contributed by atoms with van der Waals surface area (Å²) < 4.78 is 24.4. The number of carboxylic acid groups (broad SMARTS) is 1. The van der Waals surface area contributed by atoms with Crippen LogP contribution >= 0.6 is 0 Å². The molecule has 0 bridgehead atoms. The highest BCUT2D eigenvalue weighted by molar-refractivity contribution is 7.88. The predicted molar refractivity (Wildman–Crippen MR) is 85.2 cm³/mol. The molecule has 1 amide bonds. The molecule has 23 heavy (non-hydrogen) atoms. The Bertz CT molecular complexity index is 632. The lowest BCUT2D eigenvalue weighted by molar-refractivity contribution is -0.151. The zero-order valence-electron chi connectivity index (χ0n) is 13.8. The minimum absolute atomic E-state index is 0.169. The molecule has 1 aliphatic heterocycles. The van der Waals surface area contributed by atoms with Crippen molar-refractivity contribution in [2.24, 2.45) is 11.8 Å². The van der Waals surface area contributed by atoms with E-state index in [9.17, 15) is 23.1 Å². The summed E-state index contributed by atoms with van der Waals surface area (Å²) in [4.78, 5) is 25.9. The summed E-state index contributed by atoms with van der Waals surface area (Å²) in [6.07, 6.45) is 2.03. The zero-order chi connectivity index (χ0) is 17.4. The molecule has 1 heterocycles. The lowest BCUT2D eigenvalue weighted by Gasteiger charge is -2.38. The second kappa shape index (κ2) is 6.60. The van der Waals surface area contributed by atoms with Gasteiger partial charge in [-0.1, -0.05) is 11.1 Å². The monoisotopic (exact) mass is 344 g/mol. The van der Waals surface area contributed by atoms with Gasteiger partial charge >= 0.3 is 5.97 Å². The van der Waals surface area contributed by atoms with Crippen molar-refractivity contribution >= 4 is 21.9 Å². The topological polar surface area (TPSA) is 95.0 Å². The van der Waals surface area contributed by atoms with Gasteiger partial charge in [0.25, 0.3) is 0 Å². The highest BCUT2D eigenvalue weighted by Gasteiger charge is 2.40. The molecule has 0 spiro atoms. The molecule has 2 atom stereocenters. The summed E-state index contributed by atoms with van der Waals surface area (Å²) in [5.74, 6) is -2.36. The summed E-state index contributed by atoms with van der Waals surface area (Å²) in [6.45, 7) is 5.02.